The van der Waals surface area contributed by atoms with Crippen LogP contribution in [0.25, 0.3) is 5.82 Å². The number of aromatic nitrogens is 4. The summed E-state index contributed by atoms with van der Waals surface area (Å²) in [5.41, 5.74) is 2.14. The minimum absolute atomic E-state index is 0.321. The zero-order valence-electron chi connectivity index (χ0n) is 13.9. The third-order valence-electron chi connectivity index (χ3n) is 3.53. The minimum Gasteiger partial charge on any atom is -0.496 e. The number of carbonyl (C=O) groups excluding carboxylic acids is 1. The Balaban J connectivity index is 1.89. The van der Waals surface area contributed by atoms with Gasteiger partial charge in [0.2, 0.25) is 0 Å². The summed E-state index contributed by atoms with van der Waals surface area (Å²) in [5.74, 6) is 0.964. The van der Waals surface area contributed by atoms with Gasteiger partial charge >= 0.3 is 0 Å². The molecular formula is C17H16ClN5O2. The molecule has 2 aromatic heterocycles. The standard InChI is InChI=1S/C17H16ClN5O2/c1-10-6-11(2)23(22-10)16-8-15(19-9-20-16)21-17(24)13-7-12(18)4-5-14(13)25-3/h4-9H,1-3H3,(H,19,20,21,24). The first-order valence-electron chi connectivity index (χ1n) is 7.48. The van der Waals surface area contributed by atoms with Gasteiger partial charge in [-0.25, -0.2) is 14.6 Å². The lowest BCUT2D eigenvalue weighted by molar-refractivity contribution is 0.102. The van der Waals surface area contributed by atoms with Gasteiger partial charge in [0.1, 0.15) is 17.9 Å². The number of aryl methyl sites for hydroxylation is 2. The fourth-order valence-corrected chi connectivity index (χ4v) is 2.61. The van der Waals surface area contributed by atoms with E-state index in [1.54, 1.807) is 28.9 Å². The Bertz CT molecular complexity index is 939. The Morgan fingerprint density at radius 2 is 2.00 bits per heavy atom. The largest absolute Gasteiger partial charge is 0.496 e. The normalized spacial score (nSPS) is 10.6. The van der Waals surface area contributed by atoms with Crippen LogP contribution in [0.4, 0.5) is 5.82 Å². The Kier molecular flexibility index (Phi) is 4.67. The van der Waals surface area contributed by atoms with Crippen LogP contribution in [-0.4, -0.2) is 32.8 Å². The van der Waals surface area contributed by atoms with Gasteiger partial charge in [0.05, 0.1) is 18.4 Å². The van der Waals surface area contributed by atoms with E-state index in [0.717, 1.165) is 11.4 Å². The summed E-state index contributed by atoms with van der Waals surface area (Å²) in [6, 6.07) is 8.42. The molecule has 0 aliphatic rings. The fraction of sp³-hybridized carbons (Fsp3) is 0.176. The molecule has 1 aromatic carbocycles. The minimum atomic E-state index is -0.377. The predicted octanol–water partition coefficient (Wildman–Crippen LogP) is 3.19. The van der Waals surface area contributed by atoms with E-state index < -0.39 is 0 Å². The molecule has 0 spiro atoms. The molecule has 3 aromatic rings. The predicted molar refractivity (Wildman–Crippen MR) is 94.6 cm³/mol. The first-order chi connectivity index (χ1) is 12.0. The maximum atomic E-state index is 12.5. The molecule has 8 heteroatoms. The molecular weight excluding hydrogens is 342 g/mol. The molecule has 3 rings (SSSR count). The van der Waals surface area contributed by atoms with Crippen molar-refractivity contribution in [3.63, 3.8) is 0 Å². The lowest BCUT2D eigenvalue weighted by Gasteiger charge is -2.10. The van der Waals surface area contributed by atoms with Gasteiger partial charge in [-0.05, 0) is 38.1 Å². The van der Waals surface area contributed by atoms with Gasteiger partial charge in [0.25, 0.3) is 5.91 Å². The topological polar surface area (TPSA) is 81.9 Å². The number of anilines is 1. The van der Waals surface area contributed by atoms with Crippen molar-refractivity contribution < 1.29 is 9.53 Å². The van der Waals surface area contributed by atoms with E-state index in [0.29, 0.717) is 28.0 Å². The van der Waals surface area contributed by atoms with Crippen molar-refractivity contribution in [2.75, 3.05) is 12.4 Å². The monoisotopic (exact) mass is 357 g/mol. The van der Waals surface area contributed by atoms with Crippen LogP contribution >= 0.6 is 11.6 Å². The quantitative estimate of drug-likeness (QED) is 0.775. The number of hydrogen-bond donors (Lipinski definition) is 1. The van der Waals surface area contributed by atoms with Gasteiger partial charge in [-0.1, -0.05) is 11.6 Å². The van der Waals surface area contributed by atoms with E-state index in [4.69, 9.17) is 16.3 Å². The molecule has 0 saturated heterocycles. The zero-order chi connectivity index (χ0) is 18.0. The summed E-state index contributed by atoms with van der Waals surface area (Å²) in [6.45, 7) is 3.83. The van der Waals surface area contributed by atoms with E-state index in [1.165, 1.54) is 13.4 Å². The van der Waals surface area contributed by atoms with E-state index >= 15 is 0 Å². The highest BCUT2D eigenvalue weighted by Gasteiger charge is 2.15. The Morgan fingerprint density at radius 3 is 2.68 bits per heavy atom. The van der Waals surface area contributed by atoms with Crippen molar-refractivity contribution in [3.8, 4) is 11.6 Å². The molecule has 0 aliphatic heterocycles. The van der Waals surface area contributed by atoms with Crippen molar-refractivity contribution in [1.29, 1.82) is 0 Å². The highest BCUT2D eigenvalue weighted by Crippen LogP contribution is 2.23. The number of benzene rings is 1. The fourth-order valence-electron chi connectivity index (χ4n) is 2.43. The number of nitrogens with zero attached hydrogens (tertiary/aromatic N) is 4. The SMILES string of the molecule is COc1ccc(Cl)cc1C(=O)Nc1cc(-n2nc(C)cc2C)ncn1. The summed E-state index contributed by atoms with van der Waals surface area (Å²) in [5, 5.41) is 7.54. The molecule has 0 aliphatic carbocycles. The van der Waals surface area contributed by atoms with Gasteiger partial charge in [0.15, 0.2) is 5.82 Å². The molecule has 0 radical (unpaired) electrons. The van der Waals surface area contributed by atoms with Gasteiger partial charge in [-0.15, -0.1) is 0 Å². The maximum absolute atomic E-state index is 12.5. The first kappa shape index (κ1) is 16.9. The van der Waals surface area contributed by atoms with E-state index in [9.17, 15) is 4.79 Å². The molecule has 0 fully saturated rings. The summed E-state index contributed by atoms with van der Waals surface area (Å²) in [6.07, 6.45) is 1.37. The molecule has 1 N–H and O–H groups in total. The van der Waals surface area contributed by atoms with Gasteiger partial charge in [-0.2, -0.15) is 5.10 Å². The first-order valence-corrected chi connectivity index (χ1v) is 7.86. The van der Waals surface area contributed by atoms with Crippen LogP contribution in [0, 0.1) is 13.8 Å². The Morgan fingerprint density at radius 1 is 1.20 bits per heavy atom. The molecule has 1 amide bonds. The van der Waals surface area contributed by atoms with Crippen LogP contribution < -0.4 is 10.1 Å². The van der Waals surface area contributed by atoms with E-state index in [2.05, 4.69) is 20.4 Å². The number of halogens is 1. The van der Waals surface area contributed by atoms with Crippen LogP contribution in [0.2, 0.25) is 5.02 Å². The Labute approximate surface area is 149 Å². The lowest BCUT2D eigenvalue weighted by atomic mass is 10.2. The number of hydrogen-bond acceptors (Lipinski definition) is 5. The molecule has 7 nitrogen and oxygen atoms in total. The number of carbonyl (C=O) groups is 1. The number of methoxy groups -OCH3 is 1. The molecule has 0 bridgehead atoms. The molecule has 0 saturated carbocycles. The molecule has 0 atom stereocenters. The van der Waals surface area contributed by atoms with Crippen molar-refractivity contribution >= 4 is 23.3 Å². The van der Waals surface area contributed by atoms with Gasteiger partial charge < -0.3 is 10.1 Å². The van der Waals surface area contributed by atoms with Crippen LogP contribution in [0.15, 0.2) is 36.7 Å². The second kappa shape index (κ2) is 6.90. The van der Waals surface area contributed by atoms with Crippen LogP contribution in [0.1, 0.15) is 21.7 Å². The van der Waals surface area contributed by atoms with E-state index in [-0.39, 0.29) is 5.91 Å². The van der Waals surface area contributed by atoms with Gasteiger partial charge in [-0.3, -0.25) is 4.79 Å². The highest BCUT2D eigenvalue weighted by molar-refractivity contribution is 6.31. The third-order valence-corrected chi connectivity index (χ3v) is 3.76. The average molecular weight is 358 g/mol. The molecule has 128 valence electrons. The van der Waals surface area contributed by atoms with Crippen LogP contribution in [0.3, 0.4) is 0 Å². The average Bonchev–Trinajstić information content (AvgIpc) is 2.93. The van der Waals surface area contributed by atoms with E-state index in [1.807, 2.05) is 19.9 Å². The van der Waals surface area contributed by atoms with Crippen molar-refractivity contribution in [3.05, 3.63) is 58.6 Å². The number of nitrogens with one attached hydrogen (secondary N) is 1. The molecule has 2 heterocycles. The lowest BCUT2D eigenvalue weighted by Crippen LogP contribution is -2.15. The third kappa shape index (κ3) is 3.61. The van der Waals surface area contributed by atoms with Crippen molar-refractivity contribution in [2.45, 2.75) is 13.8 Å². The van der Waals surface area contributed by atoms with Crippen molar-refractivity contribution in [2.24, 2.45) is 0 Å². The second-order valence-corrected chi connectivity index (χ2v) is 5.84. The second-order valence-electron chi connectivity index (χ2n) is 5.40. The highest BCUT2D eigenvalue weighted by atomic mass is 35.5. The van der Waals surface area contributed by atoms with Crippen LogP contribution in [0.5, 0.6) is 5.75 Å². The molecule has 25 heavy (non-hydrogen) atoms. The zero-order valence-corrected chi connectivity index (χ0v) is 14.7. The molecule has 0 unspecified atom stereocenters. The number of ether oxygens (including phenoxy) is 1. The van der Waals surface area contributed by atoms with Crippen LogP contribution in [-0.2, 0) is 0 Å². The Hall–Kier alpha value is -2.93. The number of amides is 1. The van der Waals surface area contributed by atoms with Crippen molar-refractivity contribution in [1.82, 2.24) is 19.7 Å². The smallest absolute Gasteiger partial charge is 0.260 e. The summed E-state index contributed by atoms with van der Waals surface area (Å²) in [7, 11) is 1.49. The van der Waals surface area contributed by atoms with Gasteiger partial charge in [0, 0.05) is 16.8 Å². The summed E-state index contributed by atoms with van der Waals surface area (Å²) < 4.78 is 6.89. The summed E-state index contributed by atoms with van der Waals surface area (Å²) in [4.78, 5) is 20.8. The maximum Gasteiger partial charge on any atom is 0.260 e. The number of rotatable bonds is 4. The summed E-state index contributed by atoms with van der Waals surface area (Å²) >= 11 is 5.97.